The van der Waals surface area contributed by atoms with Gasteiger partial charge in [-0.2, -0.15) is 0 Å². The number of rotatable bonds is 8. The fraction of sp³-hybridized carbons (Fsp3) is 0.391. The predicted octanol–water partition coefficient (Wildman–Crippen LogP) is 4.30. The van der Waals surface area contributed by atoms with Crippen LogP contribution in [0.3, 0.4) is 0 Å². The van der Waals surface area contributed by atoms with Crippen LogP contribution in [0.4, 0.5) is 0 Å². The van der Waals surface area contributed by atoms with E-state index in [1.54, 1.807) is 36.3 Å². The van der Waals surface area contributed by atoms with Crippen molar-refractivity contribution < 1.29 is 24.2 Å². The normalized spacial score (nSPS) is 18.4. The smallest absolute Gasteiger partial charge is 0.295 e. The molecule has 0 spiro atoms. The molecule has 1 atom stereocenters. The van der Waals surface area contributed by atoms with E-state index in [-0.39, 0.29) is 17.4 Å². The summed E-state index contributed by atoms with van der Waals surface area (Å²) < 4.78 is 10.8. The molecule has 30 heavy (non-hydrogen) atoms. The van der Waals surface area contributed by atoms with E-state index in [0.717, 1.165) is 10.4 Å². The van der Waals surface area contributed by atoms with Gasteiger partial charge in [-0.25, -0.2) is 0 Å². The zero-order valence-electron chi connectivity index (χ0n) is 17.7. The van der Waals surface area contributed by atoms with Gasteiger partial charge in [-0.1, -0.05) is 12.1 Å². The lowest BCUT2D eigenvalue weighted by Gasteiger charge is -2.24. The van der Waals surface area contributed by atoms with Crippen LogP contribution >= 0.6 is 11.3 Å². The third-order valence-corrected chi connectivity index (χ3v) is 5.99. The molecule has 160 valence electrons. The van der Waals surface area contributed by atoms with Gasteiger partial charge in [0.2, 0.25) is 0 Å². The van der Waals surface area contributed by atoms with Crippen LogP contribution in [0.15, 0.2) is 41.3 Å². The summed E-state index contributed by atoms with van der Waals surface area (Å²) >= 11 is 1.47. The fourth-order valence-corrected chi connectivity index (χ4v) is 4.62. The molecule has 1 aliphatic heterocycles. The predicted molar refractivity (Wildman–Crippen MR) is 117 cm³/mol. The van der Waals surface area contributed by atoms with Crippen molar-refractivity contribution in [1.29, 1.82) is 0 Å². The van der Waals surface area contributed by atoms with Gasteiger partial charge in [-0.05, 0) is 56.3 Å². The minimum atomic E-state index is -0.669. The second-order valence-corrected chi connectivity index (χ2v) is 8.45. The molecule has 3 rings (SSSR count). The van der Waals surface area contributed by atoms with Crippen molar-refractivity contribution in [2.45, 2.75) is 39.3 Å². The number of nitrogens with zero attached hydrogens (tertiary/aromatic N) is 1. The third-order valence-electron chi connectivity index (χ3n) is 4.92. The average molecular weight is 430 g/mol. The van der Waals surface area contributed by atoms with Crippen molar-refractivity contribution in [3.8, 4) is 5.75 Å². The molecule has 7 heteroatoms. The number of Topliss-reactive ketones (excluding diaryl/α,β-unsaturated/α-hetero) is 1. The lowest BCUT2D eigenvalue weighted by Crippen LogP contribution is -2.31. The molecule has 0 saturated carbocycles. The van der Waals surface area contributed by atoms with Gasteiger partial charge in [0.25, 0.3) is 11.7 Å². The van der Waals surface area contributed by atoms with E-state index in [1.165, 1.54) is 11.3 Å². The van der Waals surface area contributed by atoms with Crippen LogP contribution in [-0.2, 0) is 14.3 Å². The molecular weight excluding hydrogens is 402 g/mol. The highest BCUT2D eigenvalue weighted by Crippen LogP contribution is 2.42. The molecule has 1 fully saturated rings. The molecule has 0 radical (unpaired) electrons. The maximum Gasteiger partial charge on any atom is 0.295 e. The minimum absolute atomic E-state index is 0.0254. The Balaban J connectivity index is 2.09. The van der Waals surface area contributed by atoms with Gasteiger partial charge in [-0.15, -0.1) is 11.3 Å². The number of hydrogen-bond acceptors (Lipinski definition) is 6. The Morgan fingerprint density at radius 2 is 2.03 bits per heavy atom. The molecule has 1 aliphatic rings. The number of benzene rings is 1. The second-order valence-electron chi connectivity index (χ2n) is 7.50. The van der Waals surface area contributed by atoms with Gasteiger partial charge in [0, 0.05) is 30.7 Å². The Labute approximate surface area is 180 Å². The van der Waals surface area contributed by atoms with Crippen molar-refractivity contribution in [3.05, 3.63) is 57.3 Å². The van der Waals surface area contributed by atoms with Crippen molar-refractivity contribution in [2.75, 3.05) is 20.3 Å². The lowest BCUT2D eigenvalue weighted by atomic mass is 9.98. The first-order chi connectivity index (χ1) is 14.3. The molecular formula is C23H27NO5S. The monoisotopic (exact) mass is 429 g/mol. The van der Waals surface area contributed by atoms with Crippen LogP contribution in [0, 0.1) is 6.92 Å². The average Bonchev–Trinajstić information content (AvgIpc) is 3.23. The number of aryl methyl sites for hydroxylation is 1. The molecule has 0 aliphatic carbocycles. The van der Waals surface area contributed by atoms with E-state index in [2.05, 4.69) is 0 Å². The number of aliphatic hydroxyl groups excluding tert-OH is 1. The largest absolute Gasteiger partial charge is 0.507 e. The topological polar surface area (TPSA) is 76.1 Å². The zero-order chi connectivity index (χ0) is 21.8. The standard InChI is InChI=1S/C23H27NO5S/c1-14(2)29-17-8-5-7-16(13-17)20(25)18-19(22-15(3)9-12-30-22)24(10-6-11-28-4)23(27)21(18)26/h5,7-9,12-14,19,25H,6,10-11H2,1-4H3/b20-18-. The maximum atomic E-state index is 13.0. The minimum Gasteiger partial charge on any atom is -0.507 e. The lowest BCUT2D eigenvalue weighted by molar-refractivity contribution is -0.140. The number of methoxy groups -OCH3 is 1. The quantitative estimate of drug-likeness (QED) is 0.293. The molecule has 1 N–H and O–H groups in total. The van der Waals surface area contributed by atoms with Crippen LogP contribution in [0.5, 0.6) is 5.75 Å². The van der Waals surface area contributed by atoms with Crippen molar-refractivity contribution in [1.82, 2.24) is 4.90 Å². The summed E-state index contributed by atoms with van der Waals surface area (Å²) in [4.78, 5) is 28.2. The fourth-order valence-electron chi connectivity index (χ4n) is 3.57. The second kappa shape index (κ2) is 9.45. The Kier molecular flexibility index (Phi) is 6.95. The van der Waals surface area contributed by atoms with E-state index in [9.17, 15) is 14.7 Å². The van der Waals surface area contributed by atoms with E-state index < -0.39 is 17.7 Å². The van der Waals surface area contributed by atoms with Gasteiger partial charge in [0.15, 0.2) is 0 Å². The third kappa shape index (κ3) is 4.42. The van der Waals surface area contributed by atoms with Crippen molar-refractivity contribution in [3.63, 3.8) is 0 Å². The van der Waals surface area contributed by atoms with Crippen LogP contribution in [0.1, 0.15) is 42.3 Å². The molecule has 6 nitrogen and oxygen atoms in total. The van der Waals surface area contributed by atoms with E-state index in [0.29, 0.717) is 30.9 Å². The number of carbonyl (C=O) groups excluding carboxylic acids is 2. The highest BCUT2D eigenvalue weighted by Gasteiger charge is 2.46. The number of ether oxygens (including phenoxy) is 2. The highest BCUT2D eigenvalue weighted by atomic mass is 32.1. The first kappa shape index (κ1) is 22.1. The first-order valence-electron chi connectivity index (χ1n) is 9.93. The van der Waals surface area contributed by atoms with Crippen LogP contribution in [-0.4, -0.2) is 48.1 Å². The molecule has 2 heterocycles. The molecule has 2 aromatic rings. The number of aliphatic hydroxyl groups is 1. The molecule has 1 amide bonds. The van der Waals surface area contributed by atoms with Gasteiger partial charge >= 0.3 is 0 Å². The maximum absolute atomic E-state index is 13.0. The van der Waals surface area contributed by atoms with Crippen LogP contribution in [0.2, 0.25) is 0 Å². The molecule has 1 unspecified atom stereocenters. The molecule has 1 saturated heterocycles. The number of thiophene rings is 1. The van der Waals surface area contributed by atoms with Crippen LogP contribution < -0.4 is 4.74 Å². The Hall–Kier alpha value is -2.64. The van der Waals surface area contributed by atoms with Crippen LogP contribution in [0.25, 0.3) is 5.76 Å². The SMILES string of the molecule is COCCCN1C(=O)C(=O)/C(=C(\O)c2cccc(OC(C)C)c2)C1c1sccc1C. The van der Waals surface area contributed by atoms with E-state index in [1.807, 2.05) is 32.2 Å². The molecule has 1 aromatic carbocycles. The number of carbonyl (C=O) groups is 2. The summed E-state index contributed by atoms with van der Waals surface area (Å²) in [7, 11) is 1.60. The van der Waals surface area contributed by atoms with Gasteiger partial charge in [0.05, 0.1) is 17.7 Å². The summed E-state index contributed by atoms with van der Waals surface area (Å²) in [6, 6.07) is 8.28. The summed E-state index contributed by atoms with van der Waals surface area (Å²) in [6.45, 7) is 6.62. The highest BCUT2D eigenvalue weighted by molar-refractivity contribution is 7.10. The van der Waals surface area contributed by atoms with Crippen molar-refractivity contribution >= 4 is 28.8 Å². The summed E-state index contributed by atoms with van der Waals surface area (Å²) in [5.41, 5.74) is 1.54. The first-order valence-corrected chi connectivity index (χ1v) is 10.8. The summed E-state index contributed by atoms with van der Waals surface area (Å²) in [5.74, 6) is -0.861. The van der Waals surface area contributed by atoms with E-state index >= 15 is 0 Å². The number of likely N-dealkylation sites (tertiary alicyclic amines) is 1. The van der Waals surface area contributed by atoms with E-state index in [4.69, 9.17) is 9.47 Å². The summed E-state index contributed by atoms with van der Waals surface area (Å²) in [5, 5.41) is 13.0. The number of amides is 1. The number of ketones is 1. The van der Waals surface area contributed by atoms with Gasteiger partial charge in [0.1, 0.15) is 11.5 Å². The Morgan fingerprint density at radius 3 is 2.67 bits per heavy atom. The van der Waals surface area contributed by atoms with Gasteiger partial charge < -0.3 is 19.5 Å². The van der Waals surface area contributed by atoms with Gasteiger partial charge in [-0.3, -0.25) is 9.59 Å². The Morgan fingerprint density at radius 1 is 1.27 bits per heavy atom. The molecule has 0 bridgehead atoms. The summed E-state index contributed by atoms with van der Waals surface area (Å²) in [6.07, 6.45) is 0.574. The van der Waals surface area contributed by atoms with Crippen molar-refractivity contribution in [2.24, 2.45) is 0 Å². The number of hydrogen-bond donors (Lipinski definition) is 1. The zero-order valence-corrected chi connectivity index (χ0v) is 18.5. The molecule has 1 aromatic heterocycles. The Bertz CT molecular complexity index is 962.